The van der Waals surface area contributed by atoms with Crippen LogP contribution in [0.4, 0.5) is 0 Å². The molecule has 1 aliphatic rings. The number of carbonyl (C=O) groups excluding carboxylic acids is 2. The van der Waals surface area contributed by atoms with Crippen molar-refractivity contribution in [2.75, 3.05) is 13.1 Å². The molecule has 3 N–H and O–H groups in total. The van der Waals surface area contributed by atoms with Gasteiger partial charge in [0.1, 0.15) is 0 Å². The van der Waals surface area contributed by atoms with Gasteiger partial charge in [-0.1, -0.05) is 33.6 Å². The molecule has 116 valence electrons. The van der Waals surface area contributed by atoms with Crippen molar-refractivity contribution in [1.82, 2.24) is 10.2 Å². The molecule has 2 amide bonds. The third-order valence-electron chi connectivity index (χ3n) is 4.17. The van der Waals surface area contributed by atoms with Crippen LogP contribution >= 0.6 is 0 Å². The largest absolute Gasteiger partial charge is 0.368 e. The third kappa shape index (κ3) is 4.78. The van der Waals surface area contributed by atoms with E-state index in [4.69, 9.17) is 5.73 Å². The number of amides is 2. The molecule has 5 heteroatoms. The molecule has 0 aromatic carbocycles. The summed E-state index contributed by atoms with van der Waals surface area (Å²) in [5.41, 5.74) is 5.47. The topological polar surface area (TPSA) is 75.4 Å². The SMILES string of the molecule is CCCC[C@H](N[C@@H]1CCN(C(=O)CC)C[C@H]1C)C(N)=O. The standard InChI is InChI=1S/C15H29N3O2/c1-4-6-7-13(15(16)20)17-12-8-9-18(10-11(12)3)14(19)5-2/h11-13,17H,4-10H2,1-3H3,(H2,16,20)/t11-,12-,13+/m1/s1. The molecule has 0 aromatic rings. The second-order valence-electron chi connectivity index (χ2n) is 5.83. The van der Waals surface area contributed by atoms with Crippen LogP contribution in [-0.2, 0) is 9.59 Å². The van der Waals surface area contributed by atoms with E-state index in [1.165, 1.54) is 0 Å². The van der Waals surface area contributed by atoms with Gasteiger partial charge in [-0.15, -0.1) is 0 Å². The number of rotatable bonds is 7. The zero-order valence-electron chi connectivity index (χ0n) is 13.0. The Morgan fingerprint density at radius 2 is 2.10 bits per heavy atom. The fourth-order valence-electron chi connectivity index (χ4n) is 2.82. The Kier molecular flexibility index (Phi) is 6.99. The van der Waals surface area contributed by atoms with Crippen LogP contribution in [-0.4, -0.2) is 41.9 Å². The number of nitrogens with zero attached hydrogens (tertiary/aromatic N) is 1. The number of primary amides is 1. The Balaban J connectivity index is 2.51. The fraction of sp³-hybridized carbons (Fsp3) is 0.867. The lowest BCUT2D eigenvalue weighted by Gasteiger charge is -2.38. The van der Waals surface area contributed by atoms with Crippen molar-refractivity contribution >= 4 is 11.8 Å². The van der Waals surface area contributed by atoms with Crippen molar-refractivity contribution in [2.24, 2.45) is 11.7 Å². The Bertz CT molecular complexity index is 333. The Morgan fingerprint density at radius 1 is 1.40 bits per heavy atom. The fourth-order valence-corrected chi connectivity index (χ4v) is 2.82. The molecule has 3 atom stereocenters. The highest BCUT2D eigenvalue weighted by atomic mass is 16.2. The lowest BCUT2D eigenvalue weighted by Crippen LogP contribution is -2.55. The molecule has 0 aliphatic carbocycles. The van der Waals surface area contributed by atoms with Gasteiger partial charge in [-0.05, 0) is 18.8 Å². The molecule has 1 fully saturated rings. The van der Waals surface area contributed by atoms with E-state index in [1.54, 1.807) is 0 Å². The monoisotopic (exact) mass is 283 g/mol. The molecule has 1 heterocycles. The zero-order valence-corrected chi connectivity index (χ0v) is 13.0. The smallest absolute Gasteiger partial charge is 0.234 e. The van der Waals surface area contributed by atoms with Gasteiger partial charge in [0.05, 0.1) is 6.04 Å². The van der Waals surface area contributed by atoms with E-state index in [-0.39, 0.29) is 23.9 Å². The summed E-state index contributed by atoms with van der Waals surface area (Å²) in [6, 6.07) is 0.0288. The molecule has 5 nitrogen and oxygen atoms in total. The van der Waals surface area contributed by atoms with Crippen LogP contribution in [0.25, 0.3) is 0 Å². The van der Waals surface area contributed by atoms with E-state index in [2.05, 4.69) is 19.2 Å². The lowest BCUT2D eigenvalue weighted by molar-refractivity contribution is -0.133. The molecular weight excluding hydrogens is 254 g/mol. The average molecular weight is 283 g/mol. The van der Waals surface area contributed by atoms with Crippen molar-refractivity contribution < 1.29 is 9.59 Å². The minimum absolute atomic E-state index is 0.215. The number of nitrogens with one attached hydrogen (secondary N) is 1. The van der Waals surface area contributed by atoms with Crippen LogP contribution in [0, 0.1) is 5.92 Å². The predicted octanol–water partition coefficient (Wildman–Crippen LogP) is 1.27. The number of hydrogen-bond acceptors (Lipinski definition) is 3. The highest BCUT2D eigenvalue weighted by Gasteiger charge is 2.30. The first-order valence-corrected chi connectivity index (χ1v) is 7.82. The normalized spacial score (nSPS) is 24.4. The Labute approximate surface area is 122 Å². The summed E-state index contributed by atoms with van der Waals surface area (Å²) in [7, 11) is 0. The van der Waals surface area contributed by atoms with E-state index in [0.29, 0.717) is 12.3 Å². The van der Waals surface area contributed by atoms with E-state index in [1.807, 2.05) is 11.8 Å². The quantitative estimate of drug-likeness (QED) is 0.739. The van der Waals surface area contributed by atoms with Crippen molar-refractivity contribution in [3.63, 3.8) is 0 Å². The number of hydrogen-bond donors (Lipinski definition) is 2. The van der Waals surface area contributed by atoms with Crippen molar-refractivity contribution in [2.45, 2.75) is 65.0 Å². The molecule has 0 aromatic heterocycles. The first kappa shape index (κ1) is 17.0. The van der Waals surface area contributed by atoms with Crippen LogP contribution in [0.3, 0.4) is 0 Å². The first-order valence-electron chi connectivity index (χ1n) is 7.82. The van der Waals surface area contributed by atoms with Crippen LogP contribution in [0.15, 0.2) is 0 Å². The van der Waals surface area contributed by atoms with Gasteiger partial charge in [-0.3, -0.25) is 9.59 Å². The van der Waals surface area contributed by atoms with E-state index in [9.17, 15) is 9.59 Å². The Morgan fingerprint density at radius 3 is 2.60 bits per heavy atom. The van der Waals surface area contributed by atoms with E-state index in [0.717, 1.165) is 38.8 Å². The van der Waals surface area contributed by atoms with Crippen molar-refractivity contribution in [3.8, 4) is 0 Å². The summed E-state index contributed by atoms with van der Waals surface area (Å²) in [5, 5.41) is 3.40. The molecule has 0 spiro atoms. The Hall–Kier alpha value is -1.10. The maximum atomic E-state index is 11.7. The van der Waals surface area contributed by atoms with Gasteiger partial charge in [-0.25, -0.2) is 0 Å². The van der Waals surface area contributed by atoms with E-state index >= 15 is 0 Å². The van der Waals surface area contributed by atoms with Crippen LogP contribution in [0.1, 0.15) is 52.9 Å². The predicted molar refractivity (Wildman–Crippen MR) is 80.1 cm³/mol. The van der Waals surface area contributed by atoms with Crippen LogP contribution < -0.4 is 11.1 Å². The van der Waals surface area contributed by atoms with Gasteiger partial charge in [0.2, 0.25) is 11.8 Å². The molecule has 0 radical (unpaired) electrons. The van der Waals surface area contributed by atoms with Crippen LogP contribution in [0.2, 0.25) is 0 Å². The van der Waals surface area contributed by atoms with Crippen molar-refractivity contribution in [3.05, 3.63) is 0 Å². The first-order chi connectivity index (χ1) is 9.49. The molecule has 0 bridgehead atoms. The highest BCUT2D eigenvalue weighted by molar-refractivity contribution is 5.79. The number of unbranched alkanes of at least 4 members (excludes halogenated alkanes) is 1. The molecule has 0 saturated carbocycles. The molecule has 1 rings (SSSR count). The number of carbonyl (C=O) groups is 2. The summed E-state index contributed by atoms with van der Waals surface area (Å²) < 4.78 is 0. The van der Waals surface area contributed by atoms with Gasteiger partial charge >= 0.3 is 0 Å². The minimum Gasteiger partial charge on any atom is -0.368 e. The average Bonchev–Trinajstić information content (AvgIpc) is 2.43. The van der Waals surface area contributed by atoms with Crippen molar-refractivity contribution in [1.29, 1.82) is 0 Å². The number of likely N-dealkylation sites (tertiary alicyclic amines) is 1. The summed E-state index contributed by atoms with van der Waals surface area (Å²) in [6.45, 7) is 7.67. The van der Waals surface area contributed by atoms with Gasteiger partial charge in [0.25, 0.3) is 0 Å². The van der Waals surface area contributed by atoms with Gasteiger partial charge < -0.3 is 16.0 Å². The second kappa shape index (κ2) is 8.25. The highest BCUT2D eigenvalue weighted by Crippen LogP contribution is 2.18. The third-order valence-corrected chi connectivity index (χ3v) is 4.17. The maximum absolute atomic E-state index is 11.7. The maximum Gasteiger partial charge on any atom is 0.234 e. The van der Waals surface area contributed by atoms with Crippen LogP contribution in [0.5, 0.6) is 0 Å². The summed E-state index contributed by atoms with van der Waals surface area (Å²) in [5.74, 6) is 0.299. The minimum atomic E-state index is -0.266. The number of piperidine rings is 1. The molecule has 1 aliphatic heterocycles. The molecular formula is C15H29N3O2. The van der Waals surface area contributed by atoms with Gasteiger partial charge in [-0.2, -0.15) is 0 Å². The van der Waals surface area contributed by atoms with Gasteiger partial charge in [0.15, 0.2) is 0 Å². The summed E-state index contributed by atoms with van der Waals surface area (Å²) in [4.78, 5) is 25.1. The number of nitrogens with two attached hydrogens (primary N) is 1. The zero-order chi connectivity index (χ0) is 15.1. The molecule has 0 unspecified atom stereocenters. The summed E-state index contributed by atoms with van der Waals surface area (Å²) in [6.07, 6.45) is 4.31. The lowest BCUT2D eigenvalue weighted by atomic mass is 9.92. The van der Waals surface area contributed by atoms with E-state index < -0.39 is 0 Å². The second-order valence-corrected chi connectivity index (χ2v) is 5.83. The molecule has 1 saturated heterocycles. The summed E-state index contributed by atoms with van der Waals surface area (Å²) >= 11 is 0. The van der Waals surface area contributed by atoms with Gasteiger partial charge in [0, 0.05) is 25.6 Å². The molecule has 20 heavy (non-hydrogen) atoms.